The van der Waals surface area contributed by atoms with E-state index in [4.69, 9.17) is 4.74 Å². The van der Waals surface area contributed by atoms with Crippen LogP contribution in [-0.4, -0.2) is 5.11 Å². The minimum absolute atomic E-state index is 0.0742. The van der Waals surface area contributed by atoms with Crippen LogP contribution in [0.1, 0.15) is 29.8 Å². The molecular formula is C15H13BrO2. The van der Waals surface area contributed by atoms with Gasteiger partial charge in [-0.1, -0.05) is 46.3 Å². The van der Waals surface area contributed by atoms with Crippen molar-refractivity contribution in [2.45, 2.75) is 18.6 Å². The maximum absolute atomic E-state index is 10.2. The van der Waals surface area contributed by atoms with Gasteiger partial charge in [0.15, 0.2) is 0 Å². The Balaban J connectivity index is 1.95. The van der Waals surface area contributed by atoms with Crippen molar-refractivity contribution in [3.8, 4) is 5.75 Å². The van der Waals surface area contributed by atoms with E-state index in [0.29, 0.717) is 6.42 Å². The Morgan fingerprint density at radius 2 is 1.89 bits per heavy atom. The molecule has 0 saturated carbocycles. The van der Waals surface area contributed by atoms with Gasteiger partial charge in [-0.05, 0) is 23.8 Å². The molecular weight excluding hydrogens is 292 g/mol. The number of fused-ring (bicyclic) bond motifs is 1. The Bertz CT molecular complexity index is 554. The maximum Gasteiger partial charge on any atom is 0.127 e. The molecule has 2 atom stereocenters. The van der Waals surface area contributed by atoms with Crippen LogP contribution >= 0.6 is 15.9 Å². The van der Waals surface area contributed by atoms with Crippen LogP contribution in [0.15, 0.2) is 53.0 Å². The van der Waals surface area contributed by atoms with E-state index in [1.807, 2.05) is 48.5 Å². The molecule has 0 radical (unpaired) electrons. The minimum Gasteiger partial charge on any atom is -0.485 e. The third-order valence-corrected chi connectivity index (χ3v) is 3.70. The van der Waals surface area contributed by atoms with Crippen LogP contribution in [0.2, 0.25) is 0 Å². The van der Waals surface area contributed by atoms with E-state index in [1.54, 1.807) is 0 Å². The molecule has 0 bridgehead atoms. The average Bonchev–Trinajstić information content (AvgIpc) is 2.40. The van der Waals surface area contributed by atoms with Crippen molar-refractivity contribution in [3.63, 3.8) is 0 Å². The van der Waals surface area contributed by atoms with E-state index >= 15 is 0 Å². The highest BCUT2D eigenvalue weighted by Crippen LogP contribution is 2.41. The van der Waals surface area contributed by atoms with Crippen LogP contribution in [0, 0.1) is 0 Å². The van der Waals surface area contributed by atoms with Gasteiger partial charge < -0.3 is 9.84 Å². The third-order valence-electron chi connectivity index (χ3n) is 3.21. The van der Waals surface area contributed by atoms with Crippen molar-refractivity contribution in [3.05, 3.63) is 64.1 Å². The Morgan fingerprint density at radius 3 is 2.67 bits per heavy atom. The van der Waals surface area contributed by atoms with Crippen molar-refractivity contribution in [2.75, 3.05) is 0 Å². The summed E-state index contributed by atoms with van der Waals surface area (Å²) in [5.74, 6) is 0.769. The van der Waals surface area contributed by atoms with E-state index in [2.05, 4.69) is 15.9 Å². The molecule has 0 amide bonds. The van der Waals surface area contributed by atoms with Gasteiger partial charge in [-0.25, -0.2) is 0 Å². The molecule has 2 aromatic rings. The van der Waals surface area contributed by atoms with Gasteiger partial charge in [-0.15, -0.1) is 0 Å². The monoisotopic (exact) mass is 304 g/mol. The molecule has 2 aromatic carbocycles. The SMILES string of the molecule is O[C@H]1CC(c2ccccc2)Oc2ccc(Br)cc21. The highest BCUT2D eigenvalue weighted by molar-refractivity contribution is 9.10. The summed E-state index contributed by atoms with van der Waals surface area (Å²) >= 11 is 3.41. The smallest absolute Gasteiger partial charge is 0.127 e. The van der Waals surface area contributed by atoms with E-state index in [9.17, 15) is 5.11 Å². The maximum atomic E-state index is 10.2. The molecule has 0 spiro atoms. The summed E-state index contributed by atoms with van der Waals surface area (Å²) in [6.45, 7) is 0. The van der Waals surface area contributed by atoms with Crippen LogP contribution in [0.5, 0.6) is 5.75 Å². The highest BCUT2D eigenvalue weighted by Gasteiger charge is 2.27. The molecule has 0 saturated heterocycles. The van der Waals surface area contributed by atoms with Crippen molar-refractivity contribution < 1.29 is 9.84 Å². The molecule has 1 heterocycles. The lowest BCUT2D eigenvalue weighted by atomic mass is 9.95. The molecule has 0 aliphatic carbocycles. The molecule has 1 aliphatic heterocycles. The second kappa shape index (κ2) is 4.75. The second-order valence-electron chi connectivity index (χ2n) is 4.45. The first-order valence-corrected chi connectivity index (χ1v) is 6.72. The molecule has 0 fully saturated rings. The number of aliphatic hydroxyl groups is 1. The fourth-order valence-electron chi connectivity index (χ4n) is 2.29. The Kier molecular flexibility index (Phi) is 3.10. The van der Waals surface area contributed by atoms with E-state index in [0.717, 1.165) is 21.3 Å². The molecule has 18 heavy (non-hydrogen) atoms. The minimum atomic E-state index is -0.476. The second-order valence-corrected chi connectivity index (χ2v) is 5.37. The van der Waals surface area contributed by atoms with Gasteiger partial charge in [-0.3, -0.25) is 0 Å². The lowest BCUT2D eigenvalue weighted by Gasteiger charge is -2.30. The predicted octanol–water partition coefficient (Wildman–Crippen LogP) is 4.01. The van der Waals surface area contributed by atoms with E-state index < -0.39 is 6.10 Å². The van der Waals surface area contributed by atoms with Crippen LogP contribution in [-0.2, 0) is 0 Å². The van der Waals surface area contributed by atoms with Crippen LogP contribution < -0.4 is 4.74 Å². The number of halogens is 1. The quantitative estimate of drug-likeness (QED) is 0.862. The van der Waals surface area contributed by atoms with Crippen LogP contribution in [0.4, 0.5) is 0 Å². The first-order chi connectivity index (χ1) is 8.74. The Labute approximate surface area is 114 Å². The summed E-state index contributed by atoms with van der Waals surface area (Å²) < 4.78 is 6.92. The fourth-order valence-corrected chi connectivity index (χ4v) is 2.67. The highest BCUT2D eigenvalue weighted by atomic mass is 79.9. The number of rotatable bonds is 1. The largest absolute Gasteiger partial charge is 0.485 e. The molecule has 1 aliphatic rings. The van der Waals surface area contributed by atoms with Gasteiger partial charge in [0.25, 0.3) is 0 Å². The van der Waals surface area contributed by atoms with Gasteiger partial charge in [0.05, 0.1) is 6.10 Å². The molecule has 0 aromatic heterocycles. The molecule has 92 valence electrons. The lowest BCUT2D eigenvalue weighted by Crippen LogP contribution is -2.18. The summed E-state index contributed by atoms with van der Waals surface area (Å²) in [6, 6.07) is 15.8. The zero-order chi connectivity index (χ0) is 12.5. The lowest BCUT2D eigenvalue weighted by molar-refractivity contribution is 0.0657. The van der Waals surface area contributed by atoms with Gasteiger partial charge in [0, 0.05) is 16.5 Å². The molecule has 1 N–H and O–H groups in total. The summed E-state index contributed by atoms with van der Waals surface area (Å²) in [5.41, 5.74) is 1.96. The molecule has 3 rings (SSSR count). The first kappa shape index (κ1) is 11.8. The van der Waals surface area contributed by atoms with Crippen LogP contribution in [0.3, 0.4) is 0 Å². The standard InChI is InChI=1S/C15H13BrO2/c16-11-6-7-14-12(8-11)13(17)9-15(18-14)10-4-2-1-3-5-10/h1-8,13,15,17H,9H2/t13-,15?/m0/s1. The normalized spacial score (nSPS) is 22.1. The summed E-state index contributed by atoms with van der Waals surface area (Å²) in [6.07, 6.45) is 0.0410. The molecule has 2 nitrogen and oxygen atoms in total. The number of benzene rings is 2. The number of aliphatic hydroxyl groups excluding tert-OH is 1. The summed E-state index contributed by atoms with van der Waals surface area (Å²) in [4.78, 5) is 0. The number of hydrogen-bond donors (Lipinski definition) is 1. The van der Waals surface area contributed by atoms with E-state index in [1.165, 1.54) is 0 Å². The molecule has 3 heteroatoms. The third kappa shape index (κ3) is 2.16. The Hall–Kier alpha value is -1.32. The van der Waals surface area contributed by atoms with Crippen molar-refractivity contribution in [2.24, 2.45) is 0 Å². The topological polar surface area (TPSA) is 29.5 Å². The van der Waals surface area contributed by atoms with Crippen molar-refractivity contribution >= 4 is 15.9 Å². The first-order valence-electron chi connectivity index (χ1n) is 5.93. The number of ether oxygens (including phenoxy) is 1. The fraction of sp³-hybridized carbons (Fsp3) is 0.200. The summed E-state index contributed by atoms with van der Waals surface area (Å²) in [7, 11) is 0. The Morgan fingerprint density at radius 1 is 1.11 bits per heavy atom. The number of hydrogen-bond acceptors (Lipinski definition) is 2. The van der Waals surface area contributed by atoms with E-state index in [-0.39, 0.29) is 6.10 Å². The van der Waals surface area contributed by atoms with Gasteiger partial charge in [0.2, 0.25) is 0 Å². The molecule has 1 unspecified atom stereocenters. The van der Waals surface area contributed by atoms with Gasteiger partial charge >= 0.3 is 0 Å². The summed E-state index contributed by atoms with van der Waals surface area (Å²) in [5, 5.41) is 10.2. The van der Waals surface area contributed by atoms with Crippen molar-refractivity contribution in [1.82, 2.24) is 0 Å². The average molecular weight is 305 g/mol. The van der Waals surface area contributed by atoms with Gasteiger partial charge in [0.1, 0.15) is 11.9 Å². The zero-order valence-corrected chi connectivity index (χ0v) is 11.3. The zero-order valence-electron chi connectivity index (χ0n) is 9.71. The van der Waals surface area contributed by atoms with Crippen LogP contribution in [0.25, 0.3) is 0 Å². The van der Waals surface area contributed by atoms with Gasteiger partial charge in [-0.2, -0.15) is 0 Å². The predicted molar refractivity (Wildman–Crippen MR) is 73.5 cm³/mol. The van der Waals surface area contributed by atoms with Crippen molar-refractivity contribution in [1.29, 1.82) is 0 Å².